The van der Waals surface area contributed by atoms with E-state index in [1.54, 1.807) is 0 Å². The summed E-state index contributed by atoms with van der Waals surface area (Å²) in [5, 5.41) is 0. The maximum absolute atomic E-state index is 12.1. The molecule has 72 valence electrons. The zero-order valence-electron chi connectivity index (χ0n) is 7.41. The van der Waals surface area contributed by atoms with Crippen molar-refractivity contribution in [1.82, 2.24) is 0 Å². The minimum absolute atomic E-state index is 0.388. The summed E-state index contributed by atoms with van der Waals surface area (Å²) in [6.07, 6.45) is 0.212. The van der Waals surface area contributed by atoms with Gasteiger partial charge in [-0.2, -0.15) is 13.2 Å². The molecule has 1 rings (SSSR count). The van der Waals surface area contributed by atoms with Gasteiger partial charge in [-0.1, -0.05) is 19.4 Å². The van der Waals surface area contributed by atoms with Crippen LogP contribution >= 0.6 is 0 Å². The summed E-state index contributed by atoms with van der Waals surface area (Å²) in [4.78, 5) is 0. The lowest BCUT2D eigenvalue weighted by atomic mass is 10.0. The van der Waals surface area contributed by atoms with Gasteiger partial charge in [-0.15, -0.1) is 5.73 Å². The van der Waals surface area contributed by atoms with Crippen LogP contribution in [0.15, 0.2) is 29.0 Å². The largest absolute Gasteiger partial charge is 0.416 e. The van der Waals surface area contributed by atoms with Crippen LogP contribution in [0.5, 0.6) is 0 Å². The molecular formula is C10H11F3. The van der Waals surface area contributed by atoms with Crippen LogP contribution in [0.3, 0.4) is 0 Å². The van der Waals surface area contributed by atoms with Crippen molar-refractivity contribution in [1.29, 1.82) is 0 Å². The van der Waals surface area contributed by atoms with Gasteiger partial charge in [0.1, 0.15) is 0 Å². The second kappa shape index (κ2) is 3.84. The summed E-state index contributed by atoms with van der Waals surface area (Å²) >= 11 is 0. The summed E-state index contributed by atoms with van der Waals surface area (Å²) in [6.45, 7) is 2.00. The Morgan fingerprint density at radius 2 is 2.15 bits per heavy atom. The fourth-order valence-corrected chi connectivity index (χ4v) is 1.20. The average molecular weight is 188 g/mol. The molecule has 0 fully saturated rings. The summed E-state index contributed by atoms with van der Waals surface area (Å²) < 4.78 is 36.3. The predicted octanol–water partition coefficient (Wildman–Crippen LogP) is 3.76. The molecule has 13 heavy (non-hydrogen) atoms. The summed E-state index contributed by atoms with van der Waals surface area (Å²) in [5.74, 6) is 0. The van der Waals surface area contributed by atoms with Gasteiger partial charge in [0.2, 0.25) is 0 Å². The first kappa shape index (κ1) is 10.1. The maximum Gasteiger partial charge on any atom is 0.416 e. The van der Waals surface area contributed by atoms with Crippen LogP contribution in [-0.2, 0) is 0 Å². The van der Waals surface area contributed by atoms with Gasteiger partial charge in [0.15, 0.2) is 0 Å². The summed E-state index contributed by atoms with van der Waals surface area (Å²) in [5.41, 5.74) is 3.06. The van der Waals surface area contributed by atoms with E-state index in [9.17, 15) is 13.2 Å². The van der Waals surface area contributed by atoms with Gasteiger partial charge < -0.3 is 0 Å². The van der Waals surface area contributed by atoms with Gasteiger partial charge in [0, 0.05) is 0 Å². The van der Waals surface area contributed by atoms with E-state index >= 15 is 0 Å². The Labute approximate surface area is 75.4 Å². The second-order valence-electron chi connectivity index (χ2n) is 3.00. The molecule has 0 unspecified atom stereocenters. The number of hydrogen-bond acceptors (Lipinski definition) is 0. The van der Waals surface area contributed by atoms with E-state index in [1.165, 1.54) is 6.08 Å². The van der Waals surface area contributed by atoms with Crippen LogP contribution in [0.25, 0.3) is 0 Å². The van der Waals surface area contributed by atoms with Crippen LogP contribution in [0.4, 0.5) is 13.2 Å². The normalized spacial score (nSPS) is 16.9. The average Bonchev–Trinajstić information content (AvgIpc) is 2.04. The lowest BCUT2D eigenvalue weighted by Crippen LogP contribution is -2.10. The van der Waals surface area contributed by atoms with Crippen LogP contribution in [-0.4, -0.2) is 6.18 Å². The van der Waals surface area contributed by atoms with Crippen LogP contribution < -0.4 is 0 Å². The van der Waals surface area contributed by atoms with E-state index in [4.69, 9.17) is 0 Å². The molecule has 1 aliphatic rings. The smallest absolute Gasteiger partial charge is 0.166 e. The van der Waals surface area contributed by atoms with Gasteiger partial charge in [-0.05, 0) is 24.5 Å². The molecule has 0 N–H and O–H groups in total. The minimum Gasteiger partial charge on any atom is -0.166 e. The van der Waals surface area contributed by atoms with Crippen LogP contribution in [0.1, 0.15) is 26.2 Å². The number of hydrogen-bond donors (Lipinski definition) is 0. The summed E-state index contributed by atoms with van der Waals surface area (Å²) in [6, 6.07) is 0. The van der Waals surface area contributed by atoms with E-state index in [2.05, 4.69) is 5.73 Å². The van der Waals surface area contributed by atoms with Crippen molar-refractivity contribution in [3.63, 3.8) is 0 Å². The molecule has 0 amide bonds. The maximum atomic E-state index is 12.1. The molecule has 0 saturated heterocycles. The Morgan fingerprint density at radius 1 is 1.46 bits per heavy atom. The minimum atomic E-state index is -4.22. The molecule has 0 nitrogen and oxygen atoms in total. The van der Waals surface area contributed by atoms with Crippen LogP contribution in [0, 0.1) is 0 Å². The van der Waals surface area contributed by atoms with Crippen molar-refractivity contribution in [2.45, 2.75) is 32.4 Å². The Balaban J connectivity index is 2.74. The first-order chi connectivity index (χ1) is 6.04. The molecule has 0 aliphatic heterocycles. The molecule has 0 saturated carbocycles. The highest BCUT2D eigenvalue weighted by molar-refractivity contribution is 5.30. The Kier molecular flexibility index (Phi) is 2.99. The highest BCUT2D eigenvalue weighted by Crippen LogP contribution is 2.29. The van der Waals surface area contributed by atoms with Crippen molar-refractivity contribution in [2.24, 2.45) is 0 Å². The third-order valence-electron chi connectivity index (χ3n) is 1.88. The lowest BCUT2D eigenvalue weighted by molar-refractivity contribution is -0.0884. The first-order valence-corrected chi connectivity index (χ1v) is 4.26. The Morgan fingerprint density at radius 3 is 2.54 bits per heavy atom. The third-order valence-corrected chi connectivity index (χ3v) is 1.88. The molecule has 0 aromatic carbocycles. The molecule has 3 heteroatoms. The van der Waals surface area contributed by atoms with E-state index in [-0.39, 0.29) is 0 Å². The zero-order valence-corrected chi connectivity index (χ0v) is 7.41. The standard InChI is InChI=1S/C10H11F3/c1-2-3-8-4-6-9(7-5-8)10(11,12)13/h6-7H,2-4H2,1H3. The molecule has 0 spiro atoms. The third kappa shape index (κ3) is 2.78. The topological polar surface area (TPSA) is 0 Å². The number of alkyl halides is 3. The fraction of sp³-hybridized carbons (Fsp3) is 0.500. The van der Waals surface area contributed by atoms with E-state index in [1.807, 2.05) is 6.92 Å². The highest BCUT2D eigenvalue weighted by atomic mass is 19.4. The zero-order chi connectivity index (χ0) is 9.90. The number of rotatable bonds is 2. The SMILES string of the molecule is CCCC1=C=CC(C(F)(F)F)=CC1. The van der Waals surface area contributed by atoms with Crippen molar-refractivity contribution >= 4 is 0 Å². The highest BCUT2D eigenvalue weighted by Gasteiger charge is 2.32. The van der Waals surface area contributed by atoms with Gasteiger partial charge in [0.25, 0.3) is 0 Å². The van der Waals surface area contributed by atoms with Gasteiger partial charge in [0.05, 0.1) is 5.57 Å². The summed E-state index contributed by atoms with van der Waals surface area (Å²) in [7, 11) is 0. The predicted molar refractivity (Wildman–Crippen MR) is 45.3 cm³/mol. The van der Waals surface area contributed by atoms with Crippen molar-refractivity contribution in [2.75, 3.05) is 0 Å². The van der Waals surface area contributed by atoms with E-state index < -0.39 is 11.7 Å². The first-order valence-electron chi connectivity index (χ1n) is 4.26. The molecule has 0 radical (unpaired) electrons. The molecule has 0 heterocycles. The molecule has 0 aromatic rings. The van der Waals surface area contributed by atoms with Crippen molar-refractivity contribution < 1.29 is 13.2 Å². The number of allylic oxidation sites excluding steroid dienone is 3. The quantitative estimate of drug-likeness (QED) is 0.579. The molecule has 0 bridgehead atoms. The lowest BCUT2D eigenvalue weighted by Gasteiger charge is -2.10. The molecule has 0 atom stereocenters. The molecular weight excluding hydrogens is 177 g/mol. The molecule has 1 aliphatic carbocycles. The van der Waals surface area contributed by atoms with Gasteiger partial charge >= 0.3 is 6.18 Å². The van der Waals surface area contributed by atoms with Crippen molar-refractivity contribution in [3.05, 3.63) is 29.0 Å². The monoisotopic (exact) mass is 188 g/mol. The van der Waals surface area contributed by atoms with Gasteiger partial charge in [-0.3, -0.25) is 0 Å². The van der Waals surface area contributed by atoms with Crippen LogP contribution in [0.2, 0.25) is 0 Å². The molecule has 0 aromatic heterocycles. The van der Waals surface area contributed by atoms with E-state index in [0.29, 0.717) is 6.42 Å². The Hall–Kier alpha value is -0.950. The van der Waals surface area contributed by atoms with Gasteiger partial charge in [-0.25, -0.2) is 0 Å². The van der Waals surface area contributed by atoms with Crippen molar-refractivity contribution in [3.8, 4) is 0 Å². The fourth-order valence-electron chi connectivity index (χ4n) is 1.20. The van der Waals surface area contributed by atoms with E-state index in [0.717, 1.165) is 24.5 Å². The Bertz CT molecular complexity index is 275. The number of halogens is 3. The second-order valence-corrected chi connectivity index (χ2v) is 3.00.